The van der Waals surface area contributed by atoms with Crippen LogP contribution in [0.1, 0.15) is 58.7 Å². The lowest BCUT2D eigenvalue weighted by Gasteiger charge is -2.34. The number of nitrogens with zero attached hydrogens (tertiary/aromatic N) is 4. The van der Waals surface area contributed by atoms with Gasteiger partial charge in [0.05, 0.1) is 11.3 Å². The number of aromatic nitrogens is 3. The Morgan fingerprint density at radius 1 is 0.886 bits per heavy atom. The zero-order valence-electron chi connectivity index (χ0n) is 23.1. The second kappa shape index (κ2) is 11.3. The number of halogens is 6. The third-order valence-corrected chi connectivity index (χ3v) is 8.22. The number of alkyl halides is 6. The van der Waals surface area contributed by atoms with Crippen LogP contribution in [0.2, 0.25) is 0 Å². The molecule has 2 aromatic heterocycles. The van der Waals surface area contributed by atoms with Gasteiger partial charge in [0.2, 0.25) is 0 Å². The second-order valence-electron chi connectivity index (χ2n) is 10.9. The minimum absolute atomic E-state index is 0.0925. The molecule has 7 nitrogen and oxygen atoms in total. The van der Waals surface area contributed by atoms with Crippen LogP contribution in [0.15, 0.2) is 79.0 Å². The summed E-state index contributed by atoms with van der Waals surface area (Å²) >= 11 is 0. The highest BCUT2D eigenvalue weighted by molar-refractivity contribution is 5.97. The van der Waals surface area contributed by atoms with Crippen molar-refractivity contribution in [3.8, 4) is 0 Å². The molecule has 0 aliphatic carbocycles. The Bertz CT molecular complexity index is 1590. The van der Waals surface area contributed by atoms with Gasteiger partial charge >= 0.3 is 12.4 Å². The van der Waals surface area contributed by atoms with E-state index in [2.05, 4.69) is 10.3 Å². The molecule has 2 N–H and O–H groups in total. The van der Waals surface area contributed by atoms with Gasteiger partial charge < -0.3 is 15.3 Å². The molecule has 1 fully saturated rings. The van der Waals surface area contributed by atoms with E-state index in [0.29, 0.717) is 11.1 Å². The molecule has 13 heteroatoms. The summed E-state index contributed by atoms with van der Waals surface area (Å²) in [6.07, 6.45) is -10.3. The fourth-order valence-electron chi connectivity index (χ4n) is 6.12. The number of piperidine rings is 1. The zero-order chi connectivity index (χ0) is 31.2. The number of carbonyl (C=O) groups excluding carboxylic acids is 1. The Morgan fingerprint density at radius 3 is 2.02 bits per heavy atom. The Balaban J connectivity index is 1.44. The molecule has 6 rings (SSSR count). The average Bonchev–Trinajstić information content (AvgIpc) is 3.35. The molecular formula is C31H27F6N5O2. The number of benzene rings is 2. The molecule has 0 bridgehead atoms. The number of hydrogen-bond acceptors (Lipinski definition) is 5. The van der Waals surface area contributed by atoms with Gasteiger partial charge in [0.25, 0.3) is 5.91 Å². The highest BCUT2D eigenvalue weighted by Gasteiger charge is 2.55. The summed E-state index contributed by atoms with van der Waals surface area (Å²) in [6.45, 7) is 0.431. The first-order valence-electron chi connectivity index (χ1n) is 14.0. The molecule has 1 saturated heterocycles. The van der Waals surface area contributed by atoms with E-state index in [1.165, 1.54) is 4.68 Å². The molecule has 4 aromatic rings. The zero-order valence-corrected chi connectivity index (χ0v) is 23.1. The summed E-state index contributed by atoms with van der Waals surface area (Å²) in [5.74, 6) is -4.25. The van der Waals surface area contributed by atoms with Crippen molar-refractivity contribution in [1.29, 1.82) is 0 Å². The number of fused-ring (bicyclic) bond motifs is 1. The fraction of sp³-hybridized carbons (Fsp3) is 0.323. The number of aliphatic hydroxyl groups is 1. The molecule has 0 unspecified atom stereocenters. The van der Waals surface area contributed by atoms with Gasteiger partial charge in [0, 0.05) is 30.8 Å². The number of aliphatic hydroxyl groups excluding tert-OH is 1. The standard InChI is InChI=1S/C31H27F6N5O2/c32-30(33,34)21-11-14-38-22(17-21)41-15-12-18(13-16-41)25-23-24(31(35,36)37)27(43)29(44)39-28(23)42(40-25)26(19-7-3-1-4-8-19)20-9-5-2-6-10-20/h1-11,14,17-18,24,26-27,43H,12-13,15-16H2,(H,39,44)/t24-,27-/m0/s1. The van der Waals surface area contributed by atoms with E-state index >= 15 is 0 Å². The Hall–Kier alpha value is -4.39. The molecule has 2 atom stereocenters. The fourth-order valence-corrected chi connectivity index (χ4v) is 6.12. The lowest BCUT2D eigenvalue weighted by Crippen LogP contribution is -2.45. The molecule has 2 aliphatic rings. The minimum atomic E-state index is -4.97. The first kappa shape index (κ1) is 29.7. The molecule has 2 aliphatic heterocycles. The first-order valence-corrected chi connectivity index (χ1v) is 14.0. The highest BCUT2D eigenvalue weighted by atomic mass is 19.4. The summed E-state index contributed by atoms with van der Waals surface area (Å²) in [5.41, 5.74) is 0.380. The lowest BCUT2D eigenvalue weighted by molar-refractivity contribution is -0.177. The van der Waals surface area contributed by atoms with Crippen LogP contribution in [0.3, 0.4) is 0 Å². The van der Waals surface area contributed by atoms with Gasteiger partial charge in [-0.15, -0.1) is 0 Å². The molecule has 0 spiro atoms. The third kappa shape index (κ3) is 5.51. The van der Waals surface area contributed by atoms with Crippen molar-refractivity contribution in [2.24, 2.45) is 0 Å². The summed E-state index contributed by atoms with van der Waals surface area (Å²) in [4.78, 5) is 18.5. The maximum absolute atomic E-state index is 14.6. The van der Waals surface area contributed by atoms with Gasteiger partial charge in [0.15, 0.2) is 0 Å². The van der Waals surface area contributed by atoms with E-state index in [1.54, 1.807) is 41.3 Å². The van der Waals surface area contributed by atoms with Crippen molar-refractivity contribution in [3.63, 3.8) is 0 Å². The van der Waals surface area contributed by atoms with Gasteiger partial charge in [-0.1, -0.05) is 60.7 Å². The molecular weight excluding hydrogens is 588 g/mol. The summed E-state index contributed by atoms with van der Waals surface area (Å²) < 4.78 is 85.0. The van der Waals surface area contributed by atoms with Gasteiger partial charge in [-0.25, -0.2) is 9.67 Å². The molecule has 0 saturated carbocycles. The van der Waals surface area contributed by atoms with Crippen molar-refractivity contribution < 1.29 is 36.2 Å². The number of nitrogens with one attached hydrogen (secondary N) is 1. The van der Waals surface area contributed by atoms with Crippen molar-refractivity contribution in [3.05, 3.63) is 107 Å². The van der Waals surface area contributed by atoms with Crippen LogP contribution in [-0.4, -0.2) is 51.1 Å². The van der Waals surface area contributed by atoms with E-state index in [1.807, 2.05) is 24.3 Å². The molecule has 4 heterocycles. The van der Waals surface area contributed by atoms with Crippen LogP contribution in [0.5, 0.6) is 0 Å². The molecule has 44 heavy (non-hydrogen) atoms. The summed E-state index contributed by atoms with van der Waals surface area (Å²) in [6, 6.07) is 19.1. The Labute approximate surface area is 248 Å². The van der Waals surface area contributed by atoms with Crippen molar-refractivity contribution >= 4 is 17.5 Å². The van der Waals surface area contributed by atoms with E-state index < -0.39 is 47.8 Å². The smallest absolute Gasteiger partial charge is 0.382 e. The van der Waals surface area contributed by atoms with Crippen molar-refractivity contribution in [2.45, 2.75) is 49.2 Å². The van der Waals surface area contributed by atoms with Crippen LogP contribution in [-0.2, 0) is 11.0 Å². The predicted molar refractivity (Wildman–Crippen MR) is 149 cm³/mol. The Morgan fingerprint density at radius 2 is 1.48 bits per heavy atom. The summed E-state index contributed by atoms with van der Waals surface area (Å²) in [5, 5.41) is 17.8. The predicted octanol–water partition coefficient (Wildman–Crippen LogP) is 6.28. The number of rotatable bonds is 5. The second-order valence-corrected chi connectivity index (χ2v) is 10.9. The lowest BCUT2D eigenvalue weighted by atomic mass is 9.82. The van der Waals surface area contributed by atoms with Crippen LogP contribution in [0.4, 0.5) is 38.0 Å². The average molecular weight is 616 g/mol. The molecule has 2 aromatic carbocycles. The monoisotopic (exact) mass is 615 g/mol. The van der Waals surface area contributed by atoms with E-state index in [9.17, 15) is 36.2 Å². The number of pyridine rings is 1. The molecule has 230 valence electrons. The molecule has 1 amide bonds. The first-order chi connectivity index (χ1) is 20.9. The van der Waals surface area contributed by atoms with Crippen molar-refractivity contribution in [2.75, 3.05) is 23.3 Å². The quantitative estimate of drug-likeness (QED) is 0.259. The number of amides is 1. The van der Waals surface area contributed by atoms with E-state index in [4.69, 9.17) is 5.10 Å². The van der Waals surface area contributed by atoms with Gasteiger partial charge in [0.1, 0.15) is 29.7 Å². The highest BCUT2D eigenvalue weighted by Crippen LogP contribution is 2.49. The normalized spacial score (nSPS) is 19.6. The Kier molecular flexibility index (Phi) is 7.60. The minimum Gasteiger partial charge on any atom is -0.382 e. The van der Waals surface area contributed by atoms with Crippen LogP contribution >= 0.6 is 0 Å². The van der Waals surface area contributed by atoms with E-state index in [-0.39, 0.29) is 48.8 Å². The van der Waals surface area contributed by atoms with Crippen LogP contribution in [0, 0.1) is 0 Å². The number of anilines is 2. The van der Waals surface area contributed by atoms with E-state index in [0.717, 1.165) is 18.3 Å². The van der Waals surface area contributed by atoms with Gasteiger partial charge in [-0.3, -0.25) is 4.79 Å². The van der Waals surface area contributed by atoms with Gasteiger partial charge in [-0.2, -0.15) is 31.4 Å². The number of hydrogen-bond donors (Lipinski definition) is 2. The SMILES string of the molecule is O=C1Nc2c(c(C3CCN(c4cc(C(F)(F)F)ccn4)CC3)nn2C(c2ccccc2)c2ccccc2)[C@H](C(F)(F)F)[C@@H]1O. The molecule has 0 radical (unpaired) electrons. The summed E-state index contributed by atoms with van der Waals surface area (Å²) in [7, 11) is 0. The topological polar surface area (TPSA) is 83.3 Å². The third-order valence-electron chi connectivity index (χ3n) is 8.22. The maximum atomic E-state index is 14.6. The number of carbonyl (C=O) groups is 1. The largest absolute Gasteiger partial charge is 0.416 e. The van der Waals surface area contributed by atoms with Gasteiger partial charge in [-0.05, 0) is 36.1 Å². The van der Waals surface area contributed by atoms with Crippen LogP contribution < -0.4 is 10.2 Å². The van der Waals surface area contributed by atoms with Crippen LogP contribution in [0.25, 0.3) is 0 Å². The maximum Gasteiger partial charge on any atom is 0.416 e. The van der Waals surface area contributed by atoms with Crippen molar-refractivity contribution in [1.82, 2.24) is 14.8 Å².